The van der Waals surface area contributed by atoms with Gasteiger partial charge in [-0.2, -0.15) is 13.2 Å². The topological polar surface area (TPSA) is 46.6 Å². The molecule has 2 aromatic rings. The van der Waals surface area contributed by atoms with Crippen molar-refractivity contribution < 1.29 is 27.5 Å². The molecular weight excluding hydrogens is 335 g/mol. The van der Waals surface area contributed by atoms with Gasteiger partial charge in [0.05, 0.1) is 0 Å². The molecule has 7 heteroatoms. The maximum absolute atomic E-state index is 12.3. The van der Waals surface area contributed by atoms with Crippen molar-refractivity contribution >= 4 is 11.9 Å². The van der Waals surface area contributed by atoms with Gasteiger partial charge in [-0.15, -0.1) is 0 Å². The van der Waals surface area contributed by atoms with Gasteiger partial charge >= 0.3 is 18.1 Å². The van der Waals surface area contributed by atoms with E-state index in [-0.39, 0.29) is 13.1 Å². The quantitative estimate of drug-likeness (QED) is 0.613. The lowest BCUT2D eigenvalue weighted by molar-refractivity contribution is -0.189. The molecule has 4 nitrogen and oxygen atoms in total. The molecule has 0 aliphatic heterocycles. The fraction of sp³-hybridized carbons (Fsp3) is 0.222. The first-order valence-corrected chi connectivity index (χ1v) is 7.46. The van der Waals surface area contributed by atoms with Gasteiger partial charge in [0.25, 0.3) is 0 Å². The van der Waals surface area contributed by atoms with Crippen LogP contribution in [0.15, 0.2) is 60.7 Å². The summed E-state index contributed by atoms with van der Waals surface area (Å²) in [5.41, 5.74) is 1.49. The first-order valence-electron chi connectivity index (χ1n) is 7.46. The zero-order chi connectivity index (χ0) is 18.3. The Kier molecular flexibility index (Phi) is 6.16. The summed E-state index contributed by atoms with van der Waals surface area (Å²) in [6.45, 7) is -1.63. The smallest absolute Gasteiger partial charge is 0.422 e. The van der Waals surface area contributed by atoms with Crippen molar-refractivity contribution in [3.05, 3.63) is 71.8 Å². The minimum atomic E-state index is -4.68. The number of amides is 1. The van der Waals surface area contributed by atoms with Crippen LogP contribution in [-0.4, -0.2) is 29.6 Å². The van der Waals surface area contributed by atoms with Gasteiger partial charge < -0.3 is 9.64 Å². The molecular formula is C18H16F3NO3. The van der Waals surface area contributed by atoms with Gasteiger partial charge in [0.2, 0.25) is 0 Å². The molecule has 0 aliphatic rings. The van der Waals surface area contributed by atoms with E-state index in [2.05, 4.69) is 4.74 Å². The summed E-state index contributed by atoms with van der Waals surface area (Å²) in [5.74, 6) is -2.64. The van der Waals surface area contributed by atoms with E-state index in [9.17, 15) is 22.8 Å². The lowest BCUT2D eigenvalue weighted by Crippen LogP contribution is -2.38. The molecule has 2 rings (SSSR count). The molecule has 25 heavy (non-hydrogen) atoms. The molecule has 0 spiro atoms. The summed E-state index contributed by atoms with van der Waals surface area (Å²) < 4.78 is 40.6. The Morgan fingerprint density at radius 1 is 0.840 bits per heavy atom. The Bertz CT molecular complexity index is 661. The molecule has 0 fully saturated rings. The van der Waals surface area contributed by atoms with Crippen LogP contribution in [0.4, 0.5) is 13.2 Å². The highest BCUT2D eigenvalue weighted by atomic mass is 19.4. The van der Waals surface area contributed by atoms with E-state index in [1.165, 1.54) is 0 Å². The van der Waals surface area contributed by atoms with Crippen LogP contribution in [0.1, 0.15) is 11.1 Å². The number of nitrogens with zero attached hydrogens (tertiary/aromatic N) is 1. The third-order valence-electron chi connectivity index (χ3n) is 3.26. The van der Waals surface area contributed by atoms with Crippen LogP contribution in [0, 0.1) is 0 Å². The number of esters is 1. The predicted molar refractivity (Wildman–Crippen MR) is 84.2 cm³/mol. The van der Waals surface area contributed by atoms with Crippen LogP contribution >= 0.6 is 0 Å². The van der Waals surface area contributed by atoms with Crippen LogP contribution in [-0.2, 0) is 27.4 Å². The number of hydrogen-bond donors (Lipinski definition) is 0. The van der Waals surface area contributed by atoms with E-state index in [1.807, 2.05) is 0 Å². The predicted octanol–water partition coefficient (Wildman–Crippen LogP) is 3.32. The maximum Gasteiger partial charge on any atom is 0.422 e. The third-order valence-corrected chi connectivity index (χ3v) is 3.26. The third kappa shape index (κ3) is 6.29. The van der Waals surface area contributed by atoms with Gasteiger partial charge in [-0.25, -0.2) is 4.79 Å². The largest absolute Gasteiger partial charge is 0.449 e. The molecule has 0 saturated heterocycles. The summed E-state index contributed by atoms with van der Waals surface area (Å²) in [4.78, 5) is 25.1. The summed E-state index contributed by atoms with van der Waals surface area (Å²) in [5, 5.41) is 0. The zero-order valence-electron chi connectivity index (χ0n) is 13.2. The molecule has 2 aromatic carbocycles. The standard InChI is InChI=1S/C18H16F3NO3/c19-18(20,21)13-25-17(24)16(23)22(11-14-7-3-1-4-8-14)12-15-9-5-2-6-10-15/h1-10H,11-13H2. The first-order chi connectivity index (χ1) is 11.8. The highest BCUT2D eigenvalue weighted by Crippen LogP contribution is 2.16. The lowest BCUT2D eigenvalue weighted by atomic mass is 10.1. The van der Waals surface area contributed by atoms with Gasteiger partial charge in [0.1, 0.15) is 0 Å². The fourth-order valence-corrected chi connectivity index (χ4v) is 2.15. The second kappa shape index (κ2) is 8.32. The summed E-state index contributed by atoms with van der Waals surface area (Å²) in [6, 6.07) is 17.7. The Labute approximate surface area is 142 Å². The molecule has 1 amide bonds. The Hall–Kier alpha value is -2.83. The van der Waals surface area contributed by atoms with E-state index in [1.54, 1.807) is 60.7 Å². The average Bonchev–Trinajstić information content (AvgIpc) is 2.59. The van der Waals surface area contributed by atoms with Gasteiger partial charge in [-0.05, 0) is 11.1 Å². The average molecular weight is 351 g/mol. The van der Waals surface area contributed by atoms with Crippen LogP contribution < -0.4 is 0 Å². The molecule has 0 atom stereocenters. The summed E-state index contributed by atoms with van der Waals surface area (Å²) >= 11 is 0. The van der Waals surface area contributed by atoms with Gasteiger partial charge in [-0.1, -0.05) is 60.7 Å². The molecule has 0 bridgehead atoms. The first kappa shape index (κ1) is 18.5. The number of carbonyl (C=O) groups is 2. The highest BCUT2D eigenvalue weighted by molar-refractivity contribution is 6.32. The van der Waals surface area contributed by atoms with Crippen LogP contribution in [0.25, 0.3) is 0 Å². The van der Waals surface area contributed by atoms with Crippen LogP contribution in [0.5, 0.6) is 0 Å². The Morgan fingerprint density at radius 3 is 1.68 bits per heavy atom. The van der Waals surface area contributed by atoms with E-state index in [0.29, 0.717) is 0 Å². The van der Waals surface area contributed by atoms with Crippen molar-refractivity contribution in [2.24, 2.45) is 0 Å². The SMILES string of the molecule is O=C(OCC(F)(F)F)C(=O)N(Cc1ccccc1)Cc1ccccc1. The maximum atomic E-state index is 12.3. The number of alkyl halides is 3. The molecule has 0 aromatic heterocycles. The number of hydrogen-bond acceptors (Lipinski definition) is 3. The van der Waals surface area contributed by atoms with E-state index >= 15 is 0 Å². The lowest BCUT2D eigenvalue weighted by Gasteiger charge is -2.22. The van der Waals surface area contributed by atoms with E-state index < -0.39 is 24.7 Å². The van der Waals surface area contributed by atoms with E-state index in [0.717, 1.165) is 16.0 Å². The van der Waals surface area contributed by atoms with Gasteiger partial charge in [0.15, 0.2) is 6.61 Å². The van der Waals surface area contributed by atoms with E-state index in [4.69, 9.17) is 0 Å². The molecule has 0 heterocycles. The summed E-state index contributed by atoms with van der Waals surface area (Å²) in [6.07, 6.45) is -4.68. The highest BCUT2D eigenvalue weighted by Gasteiger charge is 2.32. The fourth-order valence-electron chi connectivity index (χ4n) is 2.15. The van der Waals surface area contributed by atoms with Crippen molar-refractivity contribution in [3.63, 3.8) is 0 Å². The zero-order valence-corrected chi connectivity index (χ0v) is 13.2. The number of rotatable bonds is 5. The van der Waals surface area contributed by atoms with Gasteiger partial charge in [-0.3, -0.25) is 4.79 Å². The molecule has 0 unspecified atom stereocenters. The Morgan fingerprint density at radius 2 is 1.28 bits per heavy atom. The number of halogens is 3. The molecule has 132 valence electrons. The van der Waals surface area contributed by atoms with Crippen molar-refractivity contribution in [2.45, 2.75) is 19.3 Å². The minimum absolute atomic E-state index is 0.0791. The Balaban J connectivity index is 2.12. The van der Waals surface area contributed by atoms with Crippen LogP contribution in [0.3, 0.4) is 0 Å². The van der Waals surface area contributed by atoms with Crippen molar-refractivity contribution in [1.82, 2.24) is 4.90 Å². The monoisotopic (exact) mass is 351 g/mol. The molecule has 0 radical (unpaired) electrons. The second-order valence-corrected chi connectivity index (χ2v) is 5.32. The summed E-state index contributed by atoms with van der Waals surface area (Å²) in [7, 11) is 0. The van der Waals surface area contributed by atoms with Crippen molar-refractivity contribution in [3.8, 4) is 0 Å². The number of benzene rings is 2. The molecule has 0 saturated carbocycles. The number of carbonyl (C=O) groups excluding carboxylic acids is 2. The van der Waals surface area contributed by atoms with Crippen molar-refractivity contribution in [2.75, 3.05) is 6.61 Å². The van der Waals surface area contributed by atoms with Gasteiger partial charge in [0, 0.05) is 13.1 Å². The second-order valence-electron chi connectivity index (χ2n) is 5.32. The molecule has 0 aliphatic carbocycles. The number of ether oxygens (including phenoxy) is 1. The van der Waals surface area contributed by atoms with Crippen LogP contribution in [0.2, 0.25) is 0 Å². The molecule has 0 N–H and O–H groups in total. The minimum Gasteiger partial charge on any atom is -0.449 e. The normalized spacial score (nSPS) is 11.0. The van der Waals surface area contributed by atoms with Crippen molar-refractivity contribution in [1.29, 1.82) is 0 Å².